The summed E-state index contributed by atoms with van der Waals surface area (Å²) >= 11 is 6.49. The molecule has 2 aromatic carbocycles. The van der Waals surface area contributed by atoms with Gasteiger partial charge in [0.15, 0.2) is 0 Å². The molecule has 1 unspecified atom stereocenters. The number of likely N-dealkylation sites (tertiary alicyclic amines) is 1. The van der Waals surface area contributed by atoms with E-state index in [4.69, 9.17) is 30.5 Å². The van der Waals surface area contributed by atoms with Crippen LogP contribution in [0.5, 0.6) is 23.4 Å². The number of hydrogen-bond donors (Lipinski definition) is 2. The van der Waals surface area contributed by atoms with Gasteiger partial charge < -0.3 is 33.7 Å². The quantitative estimate of drug-likeness (QED) is 0.270. The predicted molar refractivity (Wildman–Crippen MR) is 164 cm³/mol. The summed E-state index contributed by atoms with van der Waals surface area (Å²) in [5.74, 6) is -0.132. The van der Waals surface area contributed by atoms with E-state index in [-0.39, 0.29) is 57.3 Å². The van der Waals surface area contributed by atoms with E-state index in [1.165, 1.54) is 80.8 Å². The van der Waals surface area contributed by atoms with E-state index < -0.39 is 33.6 Å². The second-order valence-electron chi connectivity index (χ2n) is 10.3. The summed E-state index contributed by atoms with van der Waals surface area (Å²) in [5.41, 5.74) is -2.05. The van der Waals surface area contributed by atoms with Crippen LogP contribution in [0.3, 0.4) is 0 Å². The number of aliphatic hydroxyl groups is 1. The second kappa shape index (κ2) is 13.4. The Kier molecular flexibility index (Phi) is 10.1. The number of aldehydes is 1. The van der Waals surface area contributed by atoms with Gasteiger partial charge in [-0.1, -0.05) is 11.6 Å². The first kappa shape index (κ1) is 33.7. The Balaban J connectivity index is 2.04. The van der Waals surface area contributed by atoms with Crippen molar-refractivity contribution < 1.29 is 42.1 Å². The SMILES string of the molecule is COc1ccc(S(=O)(=O)Nc2ccc(Cl)cc2C(C=O)(c2cnc(OC)nc2OC)N2C[C@H](O)C[C@H]2C(=O)N(C)C)c(OC)c1. The Labute approximate surface area is 265 Å². The number of carbonyl (C=O) groups is 2. The summed E-state index contributed by atoms with van der Waals surface area (Å²) in [6, 6.07) is 7.29. The number of anilines is 1. The average Bonchev–Trinajstić information content (AvgIpc) is 3.43. The summed E-state index contributed by atoms with van der Waals surface area (Å²) in [6.45, 7) is -0.164. The molecule has 4 rings (SSSR count). The summed E-state index contributed by atoms with van der Waals surface area (Å²) in [6.07, 6.45) is 0.765. The standard InChI is InChI=1S/C29H34ClN5O9S/c1-34(2)27(38)23-12-18(37)15-35(23)29(16-36,21-14-31-28(44-6)32-26(21)43-5)20-11-17(30)7-9-22(20)33-45(39,40)25-10-8-19(41-3)13-24(25)42-4/h7-11,13-14,16,18,23,33,37H,12,15H2,1-6H3/t18-,23+,29?/m1/s1. The van der Waals surface area contributed by atoms with Gasteiger partial charge in [0.05, 0.1) is 51.8 Å². The van der Waals surface area contributed by atoms with E-state index in [2.05, 4.69) is 14.7 Å². The molecule has 3 aromatic rings. The molecule has 14 nitrogen and oxygen atoms in total. The van der Waals surface area contributed by atoms with Gasteiger partial charge in [-0.2, -0.15) is 4.98 Å². The van der Waals surface area contributed by atoms with Gasteiger partial charge in [-0.15, -0.1) is 0 Å². The highest BCUT2D eigenvalue weighted by Gasteiger charge is 2.53. The smallest absolute Gasteiger partial charge is 0.319 e. The highest BCUT2D eigenvalue weighted by atomic mass is 35.5. The van der Waals surface area contributed by atoms with E-state index in [1.54, 1.807) is 14.1 Å². The first-order chi connectivity index (χ1) is 21.4. The van der Waals surface area contributed by atoms with Crippen LogP contribution in [0, 0.1) is 0 Å². The molecule has 0 saturated carbocycles. The van der Waals surface area contributed by atoms with Crippen molar-refractivity contribution in [2.45, 2.75) is 29.0 Å². The van der Waals surface area contributed by atoms with Crippen LogP contribution in [0.25, 0.3) is 0 Å². The molecule has 0 radical (unpaired) electrons. The molecule has 3 atom stereocenters. The van der Waals surface area contributed by atoms with Crippen molar-refractivity contribution in [2.75, 3.05) is 53.8 Å². The number of β-amino-alcohol motifs (C(OH)–C–C–N with tert-alkyl or cyclic N) is 1. The molecule has 1 aliphatic rings. The molecule has 0 aliphatic carbocycles. The number of carbonyl (C=O) groups excluding carboxylic acids is 2. The van der Waals surface area contributed by atoms with Crippen molar-refractivity contribution in [3.05, 3.63) is 58.7 Å². The molecule has 2 N–H and O–H groups in total. The molecule has 1 amide bonds. The number of amides is 1. The average molecular weight is 664 g/mol. The van der Waals surface area contributed by atoms with E-state index in [0.717, 1.165) is 0 Å². The van der Waals surface area contributed by atoms with Crippen LogP contribution >= 0.6 is 11.6 Å². The largest absolute Gasteiger partial charge is 0.497 e. The van der Waals surface area contributed by atoms with E-state index in [1.807, 2.05) is 0 Å². The Morgan fingerprint density at radius 2 is 1.82 bits per heavy atom. The van der Waals surface area contributed by atoms with Gasteiger partial charge in [0, 0.05) is 43.5 Å². The lowest BCUT2D eigenvalue weighted by Crippen LogP contribution is -2.55. The zero-order chi connectivity index (χ0) is 33.1. The zero-order valence-electron chi connectivity index (χ0n) is 25.5. The van der Waals surface area contributed by atoms with Gasteiger partial charge >= 0.3 is 6.01 Å². The fraction of sp³-hybridized carbons (Fsp3) is 0.379. The van der Waals surface area contributed by atoms with Crippen LogP contribution in [0.15, 0.2) is 47.5 Å². The second-order valence-corrected chi connectivity index (χ2v) is 12.4. The van der Waals surface area contributed by atoms with Gasteiger partial charge in [0.2, 0.25) is 11.8 Å². The van der Waals surface area contributed by atoms with Crippen molar-refractivity contribution in [1.82, 2.24) is 19.8 Å². The number of sulfonamides is 1. The number of halogens is 1. The molecule has 1 aromatic heterocycles. The minimum absolute atomic E-state index is 0.00328. The van der Waals surface area contributed by atoms with E-state index in [0.29, 0.717) is 12.0 Å². The van der Waals surface area contributed by atoms with Gasteiger partial charge in [-0.05, 0) is 36.8 Å². The topological polar surface area (TPSA) is 170 Å². The van der Waals surface area contributed by atoms with E-state index >= 15 is 0 Å². The van der Waals surface area contributed by atoms with Crippen molar-refractivity contribution in [3.8, 4) is 23.4 Å². The molecule has 45 heavy (non-hydrogen) atoms. The number of likely N-dealkylation sites (N-methyl/N-ethyl adjacent to an activating group) is 1. The van der Waals surface area contributed by atoms with Crippen LogP contribution in [0.4, 0.5) is 5.69 Å². The number of aliphatic hydroxyl groups excluding tert-OH is 1. The van der Waals surface area contributed by atoms with Crippen molar-refractivity contribution in [2.24, 2.45) is 0 Å². The third-order valence-corrected chi connectivity index (χ3v) is 9.08. The lowest BCUT2D eigenvalue weighted by Gasteiger charge is -2.42. The molecule has 0 bridgehead atoms. The molecule has 1 aliphatic heterocycles. The lowest BCUT2D eigenvalue weighted by atomic mass is 9.81. The molecular weight excluding hydrogens is 630 g/mol. The van der Waals surface area contributed by atoms with Gasteiger partial charge in [-0.25, -0.2) is 13.4 Å². The Morgan fingerprint density at radius 1 is 1.09 bits per heavy atom. The maximum Gasteiger partial charge on any atom is 0.319 e. The minimum atomic E-state index is -4.39. The minimum Gasteiger partial charge on any atom is -0.497 e. The van der Waals surface area contributed by atoms with Crippen LogP contribution in [-0.2, 0) is 25.2 Å². The molecule has 0 spiro atoms. The monoisotopic (exact) mass is 663 g/mol. The van der Waals surface area contributed by atoms with Crippen LogP contribution in [-0.4, -0.2) is 107 Å². The Bertz CT molecular complexity index is 1690. The Hall–Kier alpha value is -4.18. The number of rotatable bonds is 12. The number of methoxy groups -OCH3 is 4. The van der Waals surface area contributed by atoms with Crippen LogP contribution in [0.1, 0.15) is 17.5 Å². The molecule has 242 valence electrons. The van der Waals surface area contributed by atoms with Crippen LogP contribution in [0.2, 0.25) is 5.02 Å². The third-order valence-electron chi connectivity index (χ3n) is 7.44. The van der Waals surface area contributed by atoms with Crippen LogP contribution < -0.4 is 23.7 Å². The predicted octanol–water partition coefficient (Wildman–Crippen LogP) is 1.93. The molecule has 1 fully saturated rings. The number of ether oxygens (including phenoxy) is 4. The molecule has 2 heterocycles. The molecule has 16 heteroatoms. The maximum absolute atomic E-state index is 13.9. The van der Waals surface area contributed by atoms with Crippen molar-refractivity contribution in [3.63, 3.8) is 0 Å². The number of nitrogens with zero attached hydrogens (tertiary/aromatic N) is 4. The number of benzene rings is 2. The van der Waals surface area contributed by atoms with Gasteiger partial charge in [0.1, 0.15) is 28.2 Å². The fourth-order valence-corrected chi connectivity index (χ4v) is 6.77. The molecule has 1 saturated heterocycles. The summed E-state index contributed by atoms with van der Waals surface area (Å²) in [5, 5.41) is 11.0. The summed E-state index contributed by atoms with van der Waals surface area (Å²) < 4.78 is 51.6. The fourth-order valence-electron chi connectivity index (χ4n) is 5.37. The first-order valence-electron chi connectivity index (χ1n) is 13.5. The van der Waals surface area contributed by atoms with Crippen molar-refractivity contribution in [1.29, 1.82) is 0 Å². The van der Waals surface area contributed by atoms with E-state index in [9.17, 15) is 23.1 Å². The summed E-state index contributed by atoms with van der Waals surface area (Å²) in [7, 11) is 4.12. The van der Waals surface area contributed by atoms with Gasteiger partial charge in [0.25, 0.3) is 10.0 Å². The third kappa shape index (κ3) is 6.33. The number of aromatic nitrogens is 2. The number of hydrogen-bond acceptors (Lipinski definition) is 12. The lowest BCUT2D eigenvalue weighted by molar-refractivity contribution is -0.136. The molecular formula is C29H34ClN5O9S. The summed E-state index contributed by atoms with van der Waals surface area (Å²) in [4.78, 5) is 38.2. The Morgan fingerprint density at radius 3 is 2.42 bits per heavy atom. The zero-order valence-corrected chi connectivity index (χ0v) is 27.0. The van der Waals surface area contributed by atoms with Gasteiger partial charge in [-0.3, -0.25) is 14.4 Å². The first-order valence-corrected chi connectivity index (χ1v) is 15.4. The highest BCUT2D eigenvalue weighted by molar-refractivity contribution is 7.92. The highest BCUT2D eigenvalue weighted by Crippen LogP contribution is 2.46. The van der Waals surface area contributed by atoms with Crippen molar-refractivity contribution >= 4 is 39.5 Å². The maximum atomic E-state index is 13.9. The normalized spacial score (nSPS) is 18.0. The number of nitrogens with one attached hydrogen (secondary N) is 1.